The zero-order chi connectivity index (χ0) is 11.1. The second-order valence-electron chi connectivity index (χ2n) is 3.61. The van der Waals surface area contributed by atoms with Gasteiger partial charge < -0.3 is 14.9 Å². The molecule has 1 aromatic carbocycles. The summed E-state index contributed by atoms with van der Waals surface area (Å²) in [6.45, 7) is 1.74. The summed E-state index contributed by atoms with van der Waals surface area (Å²) >= 11 is 0. The highest BCUT2D eigenvalue weighted by atomic mass is 16.5. The highest BCUT2D eigenvalue weighted by molar-refractivity contribution is 5.77. The molecule has 0 spiro atoms. The number of aliphatic hydroxyl groups is 1. The van der Waals surface area contributed by atoms with E-state index in [1.54, 1.807) is 31.2 Å². The Hall–Kier alpha value is -1.55. The van der Waals surface area contributed by atoms with Gasteiger partial charge in [-0.05, 0) is 12.5 Å². The number of hydrogen-bond donors (Lipinski definition) is 2. The summed E-state index contributed by atoms with van der Waals surface area (Å²) in [5.74, 6) is -0.690. The monoisotopic (exact) mass is 208 g/mol. The zero-order valence-corrected chi connectivity index (χ0v) is 8.30. The van der Waals surface area contributed by atoms with E-state index in [0.29, 0.717) is 17.7 Å². The molecule has 80 valence electrons. The Balaban J connectivity index is 2.52. The number of fused-ring (bicyclic) bond motifs is 1. The Kier molecular flexibility index (Phi) is 2.16. The third-order valence-corrected chi connectivity index (χ3v) is 2.80. The Bertz CT molecular complexity index is 401. The Labute approximate surface area is 87.1 Å². The van der Waals surface area contributed by atoms with Crippen LogP contribution in [0.2, 0.25) is 0 Å². The number of aliphatic carboxylic acids is 1. The molecule has 1 aliphatic rings. The molecule has 0 saturated carbocycles. The number of carbonyl (C=O) groups is 1. The van der Waals surface area contributed by atoms with Crippen LogP contribution in [0.4, 0.5) is 0 Å². The molecule has 15 heavy (non-hydrogen) atoms. The SMILES string of the molecule is CCC1(O)c2ccccc2OC1C(=O)O. The lowest BCUT2D eigenvalue weighted by Gasteiger charge is -2.24. The molecule has 0 amide bonds. The second kappa shape index (κ2) is 3.24. The van der Waals surface area contributed by atoms with E-state index in [4.69, 9.17) is 9.84 Å². The van der Waals surface area contributed by atoms with E-state index in [-0.39, 0.29) is 0 Å². The van der Waals surface area contributed by atoms with Crippen LogP contribution in [0.5, 0.6) is 5.75 Å². The minimum atomic E-state index is -1.41. The van der Waals surface area contributed by atoms with Crippen molar-refractivity contribution in [1.29, 1.82) is 0 Å². The molecule has 0 radical (unpaired) electrons. The number of carboxylic acid groups (broad SMARTS) is 1. The van der Waals surface area contributed by atoms with Crippen LogP contribution in [-0.2, 0) is 10.4 Å². The first-order valence-electron chi connectivity index (χ1n) is 4.81. The van der Waals surface area contributed by atoms with E-state index in [2.05, 4.69) is 0 Å². The van der Waals surface area contributed by atoms with Gasteiger partial charge in [0.15, 0.2) is 0 Å². The molecule has 0 saturated heterocycles. The maximum Gasteiger partial charge on any atom is 0.348 e. The second-order valence-corrected chi connectivity index (χ2v) is 3.61. The minimum Gasteiger partial charge on any atom is -0.478 e. The van der Waals surface area contributed by atoms with E-state index in [0.717, 1.165) is 0 Å². The Morgan fingerprint density at radius 1 is 1.53 bits per heavy atom. The third kappa shape index (κ3) is 1.29. The smallest absolute Gasteiger partial charge is 0.348 e. The van der Waals surface area contributed by atoms with Gasteiger partial charge in [-0.2, -0.15) is 0 Å². The van der Waals surface area contributed by atoms with Gasteiger partial charge in [0, 0.05) is 5.56 Å². The van der Waals surface area contributed by atoms with Gasteiger partial charge in [0.25, 0.3) is 0 Å². The van der Waals surface area contributed by atoms with Crippen LogP contribution < -0.4 is 4.74 Å². The normalized spacial score (nSPS) is 28.3. The average Bonchev–Trinajstić information content (AvgIpc) is 2.54. The van der Waals surface area contributed by atoms with Crippen molar-refractivity contribution in [3.05, 3.63) is 29.8 Å². The van der Waals surface area contributed by atoms with E-state index >= 15 is 0 Å². The molecule has 0 aromatic heterocycles. The molecule has 4 nitrogen and oxygen atoms in total. The molecule has 0 bridgehead atoms. The van der Waals surface area contributed by atoms with Gasteiger partial charge in [0.2, 0.25) is 6.10 Å². The number of rotatable bonds is 2. The number of para-hydroxylation sites is 1. The Morgan fingerprint density at radius 2 is 2.20 bits per heavy atom. The number of carboxylic acids is 1. The van der Waals surface area contributed by atoms with Crippen molar-refractivity contribution in [2.75, 3.05) is 0 Å². The number of benzene rings is 1. The highest BCUT2D eigenvalue weighted by Crippen LogP contribution is 2.43. The fourth-order valence-corrected chi connectivity index (χ4v) is 1.92. The molecule has 0 fully saturated rings. The number of ether oxygens (including phenoxy) is 1. The molecule has 1 aliphatic heterocycles. The maximum atomic E-state index is 11.0. The fourth-order valence-electron chi connectivity index (χ4n) is 1.92. The summed E-state index contributed by atoms with van der Waals surface area (Å²) in [5.41, 5.74) is -0.859. The van der Waals surface area contributed by atoms with Crippen LogP contribution in [0.15, 0.2) is 24.3 Å². The predicted molar refractivity (Wildman–Crippen MR) is 52.7 cm³/mol. The Morgan fingerprint density at radius 3 is 2.80 bits per heavy atom. The van der Waals surface area contributed by atoms with Gasteiger partial charge in [-0.15, -0.1) is 0 Å². The molecular formula is C11H12O4. The largest absolute Gasteiger partial charge is 0.478 e. The zero-order valence-electron chi connectivity index (χ0n) is 8.30. The summed E-state index contributed by atoms with van der Waals surface area (Å²) in [6, 6.07) is 6.87. The highest BCUT2D eigenvalue weighted by Gasteiger charge is 2.50. The summed E-state index contributed by atoms with van der Waals surface area (Å²) in [6.07, 6.45) is -0.902. The molecular weight excluding hydrogens is 196 g/mol. The summed E-state index contributed by atoms with van der Waals surface area (Å²) in [4.78, 5) is 11.0. The van der Waals surface area contributed by atoms with Gasteiger partial charge in [0.1, 0.15) is 11.4 Å². The molecule has 1 aromatic rings. The lowest BCUT2D eigenvalue weighted by molar-refractivity contribution is -0.156. The van der Waals surface area contributed by atoms with Crippen LogP contribution >= 0.6 is 0 Å². The fraction of sp³-hybridized carbons (Fsp3) is 0.364. The summed E-state index contributed by atoms with van der Waals surface area (Å²) < 4.78 is 5.23. The molecule has 4 heteroatoms. The van der Waals surface area contributed by atoms with E-state index in [1.807, 2.05) is 0 Å². The van der Waals surface area contributed by atoms with Crippen molar-refractivity contribution < 1.29 is 19.7 Å². The quantitative estimate of drug-likeness (QED) is 0.764. The maximum absolute atomic E-state index is 11.0. The standard InChI is InChI=1S/C11H12O4/c1-2-11(14)7-5-3-4-6-8(7)15-9(11)10(12)13/h3-6,9,14H,2H2,1H3,(H,12,13). The average molecular weight is 208 g/mol. The van der Waals surface area contributed by atoms with E-state index in [1.165, 1.54) is 0 Å². The van der Waals surface area contributed by atoms with Crippen LogP contribution in [-0.4, -0.2) is 22.3 Å². The molecule has 1 heterocycles. The van der Waals surface area contributed by atoms with E-state index < -0.39 is 17.7 Å². The van der Waals surface area contributed by atoms with Crippen molar-refractivity contribution in [3.8, 4) is 5.75 Å². The first-order chi connectivity index (χ1) is 7.09. The summed E-state index contributed by atoms with van der Waals surface area (Å²) in [5, 5.41) is 19.2. The van der Waals surface area contributed by atoms with Crippen molar-refractivity contribution >= 4 is 5.97 Å². The van der Waals surface area contributed by atoms with Gasteiger partial charge in [0.05, 0.1) is 0 Å². The predicted octanol–water partition coefficient (Wildman–Crippen LogP) is 1.13. The molecule has 2 unspecified atom stereocenters. The topological polar surface area (TPSA) is 66.8 Å². The van der Waals surface area contributed by atoms with Gasteiger partial charge in [-0.1, -0.05) is 25.1 Å². The van der Waals surface area contributed by atoms with Crippen LogP contribution in [0.25, 0.3) is 0 Å². The number of hydrogen-bond acceptors (Lipinski definition) is 3. The molecule has 2 N–H and O–H groups in total. The summed E-state index contributed by atoms with van der Waals surface area (Å²) in [7, 11) is 0. The first-order valence-corrected chi connectivity index (χ1v) is 4.81. The van der Waals surface area contributed by atoms with Crippen LogP contribution in [0.3, 0.4) is 0 Å². The minimum absolute atomic E-state index is 0.307. The van der Waals surface area contributed by atoms with Crippen molar-refractivity contribution in [2.45, 2.75) is 25.0 Å². The van der Waals surface area contributed by atoms with Crippen LogP contribution in [0, 0.1) is 0 Å². The van der Waals surface area contributed by atoms with Crippen LogP contribution in [0.1, 0.15) is 18.9 Å². The van der Waals surface area contributed by atoms with Gasteiger partial charge in [-0.25, -0.2) is 4.79 Å². The van der Waals surface area contributed by atoms with Gasteiger partial charge >= 0.3 is 5.97 Å². The van der Waals surface area contributed by atoms with Gasteiger partial charge in [-0.3, -0.25) is 0 Å². The lowest BCUT2D eigenvalue weighted by Crippen LogP contribution is -2.43. The first kappa shape index (κ1) is 9.98. The van der Waals surface area contributed by atoms with Crippen molar-refractivity contribution in [3.63, 3.8) is 0 Å². The lowest BCUT2D eigenvalue weighted by atomic mass is 9.87. The molecule has 0 aliphatic carbocycles. The molecule has 2 rings (SSSR count). The van der Waals surface area contributed by atoms with Crippen molar-refractivity contribution in [1.82, 2.24) is 0 Å². The molecule has 2 atom stereocenters. The van der Waals surface area contributed by atoms with Crippen molar-refractivity contribution in [2.24, 2.45) is 0 Å². The van der Waals surface area contributed by atoms with E-state index in [9.17, 15) is 9.90 Å². The third-order valence-electron chi connectivity index (χ3n) is 2.80.